The summed E-state index contributed by atoms with van der Waals surface area (Å²) in [5, 5.41) is 0. The Labute approximate surface area is 140 Å². The minimum absolute atomic E-state index is 0.199. The normalized spacial score (nSPS) is 11.6. The van der Waals surface area contributed by atoms with Crippen molar-refractivity contribution in [3.05, 3.63) is 45.3 Å². The molecule has 0 saturated carbocycles. The fraction of sp³-hybridized carbons (Fsp3) is 0.333. The molecule has 7 heteroatoms. The van der Waals surface area contributed by atoms with Crippen molar-refractivity contribution in [3.8, 4) is 5.75 Å². The summed E-state index contributed by atoms with van der Waals surface area (Å²) in [5.74, 6) is 0.809. The highest BCUT2D eigenvalue weighted by Gasteiger charge is 2.16. The first-order valence-corrected chi connectivity index (χ1v) is 9.43. The highest BCUT2D eigenvalue weighted by molar-refractivity contribution is 7.91. The van der Waals surface area contributed by atoms with E-state index in [0.717, 1.165) is 28.2 Å². The highest BCUT2D eigenvalue weighted by Crippen LogP contribution is 2.26. The Morgan fingerprint density at radius 2 is 1.82 bits per heavy atom. The Hall–Kier alpha value is -1.08. The van der Waals surface area contributed by atoms with E-state index in [4.69, 9.17) is 16.3 Å². The van der Waals surface area contributed by atoms with Gasteiger partial charge in [0.1, 0.15) is 16.6 Å². The molecular formula is C15H18ClNO3S2. The summed E-state index contributed by atoms with van der Waals surface area (Å²) in [5.41, 5.74) is 3.27. The maximum Gasteiger partial charge on any atom is 0.250 e. The number of ether oxygens (including phenoxy) is 1. The Bertz CT molecular complexity index is 746. The van der Waals surface area contributed by atoms with Crippen LogP contribution in [0.1, 0.15) is 16.7 Å². The van der Waals surface area contributed by atoms with Crippen LogP contribution in [0, 0.1) is 20.8 Å². The van der Waals surface area contributed by atoms with E-state index >= 15 is 0 Å². The standard InChI is InChI=1S/C15H18ClNO3S2/c1-10-8-11(2)15(12(3)9-10)20-7-6-17-22(18,19)14-5-4-13(16)21-14/h4-5,8-9,17H,6-7H2,1-3H3. The minimum Gasteiger partial charge on any atom is -0.492 e. The van der Waals surface area contributed by atoms with Gasteiger partial charge in [0.25, 0.3) is 0 Å². The fourth-order valence-corrected chi connectivity index (χ4v) is 4.78. The molecule has 0 aliphatic heterocycles. The summed E-state index contributed by atoms with van der Waals surface area (Å²) in [6.45, 7) is 6.46. The molecule has 0 saturated heterocycles. The van der Waals surface area contributed by atoms with Gasteiger partial charge in [-0.15, -0.1) is 11.3 Å². The smallest absolute Gasteiger partial charge is 0.250 e. The third-order valence-electron chi connectivity index (χ3n) is 3.06. The first kappa shape index (κ1) is 17.3. The molecule has 0 spiro atoms. The van der Waals surface area contributed by atoms with Crippen molar-refractivity contribution >= 4 is 33.0 Å². The van der Waals surface area contributed by atoms with Gasteiger partial charge >= 0.3 is 0 Å². The molecule has 0 bridgehead atoms. The number of hydrogen-bond acceptors (Lipinski definition) is 4. The molecule has 0 aliphatic rings. The van der Waals surface area contributed by atoms with Gasteiger partial charge < -0.3 is 4.74 Å². The van der Waals surface area contributed by atoms with Crippen LogP contribution in [0.3, 0.4) is 0 Å². The molecule has 1 N–H and O–H groups in total. The first-order chi connectivity index (χ1) is 10.3. The average Bonchev–Trinajstić information content (AvgIpc) is 2.84. The molecule has 1 aromatic carbocycles. The van der Waals surface area contributed by atoms with Crippen LogP contribution in [-0.2, 0) is 10.0 Å². The summed E-state index contributed by atoms with van der Waals surface area (Å²) in [7, 11) is -3.52. The Balaban J connectivity index is 1.93. The van der Waals surface area contributed by atoms with Crippen LogP contribution >= 0.6 is 22.9 Å². The van der Waals surface area contributed by atoms with E-state index in [1.165, 1.54) is 11.6 Å². The van der Waals surface area contributed by atoms with E-state index in [0.29, 0.717) is 4.34 Å². The van der Waals surface area contributed by atoms with Crippen LogP contribution in [0.25, 0.3) is 0 Å². The van der Waals surface area contributed by atoms with Gasteiger partial charge in [-0.05, 0) is 44.0 Å². The van der Waals surface area contributed by atoms with E-state index in [1.807, 2.05) is 32.9 Å². The van der Waals surface area contributed by atoms with Gasteiger partial charge in [0, 0.05) is 6.54 Å². The predicted octanol–water partition coefficient (Wildman–Crippen LogP) is 3.68. The Kier molecular flexibility index (Phi) is 5.50. The number of benzene rings is 1. The Morgan fingerprint density at radius 1 is 1.18 bits per heavy atom. The third kappa shape index (κ3) is 4.23. The highest BCUT2D eigenvalue weighted by atomic mass is 35.5. The zero-order valence-electron chi connectivity index (χ0n) is 12.6. The fourth-order valence-electron chi connectivity index (χ4n) is 2.24. The largest absolute Gasteiger partial charge is 0.492 e. The summed E-state index contributed by atoms with van der Waals surface area (Å²) < 4.78 is 32.9. The van der Waals surface area contributed by atoms with Crippen molar-refractivity contribution in [2.45, 2.75) is 25.0 Å². The molecule has 0 atom stereocenters. The molecule has 1 aromatic heterocycles. The lowest BCUT2D eigenvalue weighted by Crippen LogP contribution is -2.27. The van der Waals surface area contributed by atoms with Crippen LogP contribution < -0.4 is 9.46 Å². The topological polar surface area (TPSA) is 55.4 Å². The first-order valence-electron chi connectivity index (χ1n) is 6.75. The second kappa shape index (κ2) is 7.00. The van der Waals surface area contributed by atoms with Gasteiger partial charge in [-0.3, -0.25) is 0 Å². The number of sulfonamides is 1. The summed E-state index contributed by atoms with van der Waals surface area (Å²) in [4.78, 5) is 0. The van der Waals surface area contributed by atoms with Gasteiger partial charge in [0.2, 0.25) is 10.0 Å². The van der Waals surface area contributed by atoms with E-state index in [1.54, 1.807) is 6.07 Å². The molecule has 4 nitrogen and oxygen atoms in total. The van der Waals surface area contributed by atoms with E-state index in [9.17, 15) is 8.42 Å². The molecule has 120 valence electrons. The van der Waals surface area contributed by atoms with Crippen molar-refractivity contribution in [1.82, 2.24) is 4.72 Å². The van der Waals surface area contributed by atoms with Crippen LogP contribution in [-0.4, -0.2) is 21.6 Å². The van der Waals surface area contributed by atoms with Crippen molar-refractivity contribution in [3.63, 3.8) is 0 Å². The predicted molar refractivity (Wildman–Crippen MR) is 90.7 cm³/mol. The molecular weight excluding hydrogens is 342 g/mol. The zero-order valence-corrected chi connectivity index (χ0v) is 15.0. The molecule has 0 amide bonds. The molecule has 1 heterocycles. The molecule has 2 rings (SSSR count). The molecule has 0 radical (unpaired) electrons. The number of nitrogens with one attached hydrogen (secondary N) is 1. The van der Waals surface area contributed by atoms with Gasteiger partial charge in [0.05, 0.1) is 4.34 Å². The molecule has 2 aromatic rings. The van der Waals surface area contributed by atoms with Gasteiger partial charge in [-0.25, -0.2) is 13.1 Å². The number of halogens is 1. The van der Waals surface area contributed by atoms with Crippen molar-refractivity contribution in [2.24, 2.45) is 0 Å². The third-order valence-corrected chi connectivity index (χ3v) is 6.24. The molecule has 0 fully saturated rings. The van der Waals surface area contributed by atoms with Crippen molar-refractivity contribution in [2.75, 3.05) is 13.2 Å². The summed E-state index contributed by atoms with van der Waals surface area (Å²) in [6.07, 6.45) is 0. The summed E-state index contributed by atoms with van der Waals surface area (Å²) in [6, 6.07) is 7.14. The Morgan fingerprint density at radius 3 is 2.36 bits per heavy atom. The lowest BCUT2D eigenvalue weighted by atomic mass is 10.1. The summed E-state index contributed by atoms with van der Waals surface area (Å²) >= 11 is 6.79. The van der Waals surface area contributed by atoms with Crippen LogP contribution in [0.2, 0.25) is 4.34 Å². The van der Waals surface area contributed by atoms with E-state index in [2.05, 4.69) is 4.72 Å². The van der Waals surface area contributed by atoms with Gasteiger partial charge in [-0.1, -0.05) is 29.3 Å². The van der Waals surface area contributed by atoms with Crippen LogP contribution in [0.15, 0.2) is 28.5 Å². The van der Waals surface area contributed by atoms with E-state index < -0.39 is 10.0 Å². The number of thiophene rings is 1. The monoisotopic (exact) mass is 359 g/mol. The quantitative estimate of drug-likeness (QED) is 0.800. The van der Waals surface area contributed by atoms with Crippen molar-refractivity contribution < 1.29 is 13.2 Å². The number of hydrogen-bond donors (Lipinski definition) is 1. The molecule has 22 heavy (non-hydrogen) atoms. The maximum absolute atomic E-state index is 12.0. The lowest BCUT2D eigenvalue weighted by molar-refractivity contribution is 0.318. The van der Waals surface area contributed by atoms with Crippen LogP contribution in [0.5, 0.6) is 5.75 Å². The average molecular weight is 360 g/mol. The van der Waals surface area contributed by atoms with Crippen LogP contribution in [0.4, 0.5) is 0 Å². The lowest BCUT2D eigenvalue weighted by Gasteiger charge is -2.13. The molecule has 0 unspecified atom stereocenters. The SMILES string of the molecule is Cc1cc(C)c(OCCNS(=O)(=O)c2ccc(Cl)s2)c(C)c1. The van der Waals surface area contributed by atoms with Crippen molar-refractivity contribution in [1.29, 1.82) is 0 Å². The second-order valence-corrected chi connectivity index (χ2v) is 8.74. The molecule has 0 aliphatic carbocycles. The van der Waals surface area contributed by atoms with Gasteiger partial charge in [0.15, 0.2) is 0 Å². The van der Waals surface area contributed by atoms with E-state index in [-0.39, 0.29) is 17.4 Å². The van der Waals surface area contributed by atoms with Gasteiger partial charge in [-0.2, -0.15) is 0 Å². The zero-order chi connectivity index (χ0) is 16.3. The maximum atomic E-state index is 12.0. The number of aryl methyl sites for hydroxylation is 3. The minimum atomic E-state index is -3.52. The number of rotatable bonds is 6. The second-order valence-electron chi connectivity index (χ2n) is 5.03.